The minimum absolute atomic E-state index is 0.201. The van der Waals surface area contributed by atoms with Gasteiger partial charge in [-0.05, 0) is 60.2 Å². The molecule has 1 aromatic rings. The number of hydrogen-bond donors (Lipinski definition) is 1. The second-order valence-electron chi connectivity index (χ2n) is 5.63. The van der Waals surface area contributed by atoms with Crippen LogP contribution in [0.1, 0.15) is 48.2 Å². The van der Waals surface area contributed by atoms with Crippen molar-refractivity contribution in [3.63, 3.8) is 0 Å². The molecule has 1 N–H and O–H groups in total. The van der Waals surface area contributed by atoms with Crippen LogP contribution >= 0.6 is 15.9 Å². The maximum atomic E-state index is 12.6. The molecule has 1 fully saturated rings. The zero-order chi connectivity index (χ0) is 15.4. The molecule has 2 heterocycles. The topological polar surface area (TPSA) is 79.6 Å². The van der Waals surface area contributed by atoms with E-state index in [1.54, 1.807) is 13.0 Å². The minimum atomic E-state index is -1.29. The predicted octanol–water partition coefficient (Wildman–Crippen LogP) is 2.67. The molecule has 3 rings (SSSR count). The van der Waals surface area contributed by atoms with Crippen molar-refractivity contribution in [1.29, 1.82) is 0 Å². The van der Waals surface area contributed by atoms with Gasteiger partial charge in [0.1, 0.15) is 11.4 Å². The van der Waals surface area contributed by atoms with E-state index in [0.29, 0.717) is 22.9 Å². The number of amides is 2. The third-order valence-electron chi connectivity index (χ3n) is 4.43. The maximum Gasteiger partial charge on any atom is 0.416 e. The number of halogens is 1. The van der Waals surface area contributed by atoms with E-state index in [0.717, 1.165) is 24.2 Å². The molecule has 2 aliphatic rings. The molecule has 0 unspecified atom stereocenters. The van der Waals surface area contributed by atoms with Crippen LogP contribution in [0.15, 0.2) is 15.3 Å². The van der Waals surface area contributed by atoms with Crippen molar-refractivity contribution >= 4 is 27.9 Å². The fourth-order valence-electron chi connectivity index (χ4n) is 3.59. The number of nitrogens with zero attached hydrogens (tertiary/aromatic N) is 2. The van der Waals surface area contributed by atoms with Crippen LogP contribution in [0.5, 0.6) is 0 Å². The van der Waals surface area contributed by atoms with Gasteiger partial charge in [-0.25, -0.2) is 9.69 Å². The third kappa shape index (κ3) is 1.79. The van der Waals surface area contributed by atoms with Gasteiger partial charge in [0, 0.05) is 0 Å². The molecule has 0 saturated heterocycles. The lowest BCUT2D eigenvalue weighted by molar-refractivity contribution is 0.0189. The molecule has 0 radical (unpaired) electrons. The number of carbonyl (C=O) groups is 2. The van der Waals surface area contributed by atoms with Crippen molar-refractivity contribution < 1.29 is 14.7 Å². The van der Waals surface area contributed by atoms with E-state index in [-0.39, 0.29) is 11.3 Å². The molecular weight excluding hydrogens is 340 g/mol. The maximum absolute atomic E-state index is 12.6. The van der Waals surface area contributed by atoms with Crippen LogP contribution in [0, 0.1) is 6.92 Å². The SMILES string of the molecule is Cc1cc(Br)c(=O)n2c1C(=O)N(C(=O)O)C21CCCCC1. The predicted molar refractivity (Wildman–Crippen MR) is 78.4 cm³/mol. The van der Waals surface area contributed by atoms with E-state index < -0.39 is 17.7 Å². The van der Waals surface area contributed by atoms with Crippen LogP contribution in [0.3, 0.4) is 0 Å². The molecule has 2 amide bonds. The smallest absolute Gasteiger partial charge is 0.416 e. The second kappa shape index (κ2) is 4.69. The lowest BCUT2D eigenvalue weighted by Crippen LogP contribution is -2.53. The Hall–Kier alpha value is -1.63. The Balaban J connectivity index is 2.36. The quantitative estimate of drug-likeness (QED) is 0.776. The first-order valence-electron chi connectivity index (χ1n) is 6.90. The summed E-state index contributed by atoms with van der Waals surface area (Å²) in [6.45, 7) is 1.72. The molecule has 0 aromatic carbocycles. The highest BCUT2D eigenvalue weighted by Gasteiger charge is 2.54. The van der Waals surface area contributed by atoms with Gasteiger partial charge in [0.2, 0.25) is 0 Å². The molecule has 0 bridgehead atoms. The Labute approximate surface area is 129 Å². The Bertz CT molecular complexity index is 704. The molecule has 0 atom stereocenters. The van der Waals surface area contributed by atoms with Gasteiger partial charge in [-0.15, -0.1) is 0 Å². The number of pyridine rings is 1. The summed E-state index contributed by atoms with van der Waals surface area (Å²) in [7, 11) is 0. The Morgan fingerprint density at radius 2 is 1.90 bits per heavy atom. The Morgan fingerprint density at radius 1 is 1.29 bits per heavy atom. The van der Waals surface area contributed by atoms with E-state index in [1.807, 2.05) is 0 Å². The number of imide groups is 1. The summed E-state index contributed by atoms with van der Waals surface area (Å²) in [5.74, 6) is -0.591. The van der Waals surface area contributed by atoms with Crippen molar-refractivity contribution in [3.05, 3.63) is 32.2 Å². The summed E-state index contributed by atoms with van der Waals surface area (Å²) < 4.78 is 1.76. The molecule has 21 heavy (non-hydrogen) atoms. The zero-order valence-electron chi connectivity index (χ0n) is 11.6. The normalized spacial score (nSPS) is 19.9. The number of hydrogen-bond acceptors (Lipinski definition) is 3. The summed E-state index contributed by atoms with van der Waals surface area (Å²) >= 11 is 3.22. The Kier molecular flexibility index (Phi) is 3.20. The minimum Gasteiger partial charge on any atom is -0.465 e. The van der Waals surface area contributed by atoms with Gasteiger partial charge in [-0.1, -0.05) is 6.42 Å². The van der Waals surface area contributed by atoms with Gasteiger partial charge in [0.15, 0.2) is 0 Å². The number of aromatic nitrogens is 1. The van der Waals surface area contributed by atoms with Gasteiger partial charge in [0.25, 0.3) is 11.5 Å². The summed E-state index contributed by atoms with van der Waals surface area (Å²) in [6, 6.07) is 1.58. The van der Waals surface area contributed by atoms with Crippen LogP contribution in [0.4, 0.5) is 4.79 Å². The molecular formula is C14H15BrN2O4. The van der Waals surface area contributed by atoms with Gasteiger partial charge in [0.05, 0.1) is 4.47 Å². The van der Waals surface area contributed by atoms with Crippen LogP contribution in [0.25, 0.3) is 0 Å². The Morgan fingerprint density at radius 3 is 2.48 bits per heavy atom. The van der Waals surface area contributed by atoms with Crippen molar-refractivity contribution in [1.82, 2.24) is 9.47 Å². The lowest BCUT2D eigenvalue weighted by atomic mass is 9.88. The number of carboxylic acid groups (broad SMARTS) is 1. The number of carbonyl (C=O) groups excluding carboxylic acids is 1. The summed E-state index contributed by atoms with van der Waals surface area (Å²) in [6.07, 6.45) is 2.28. The van der Waals surface area contributed by atoms with Crippen LogP contribution in [-0.4, -0.2) is 26.6 Å². The van der Waals surface area contributed by atoms with E-state index in [2.05, 4.69) is 15.9 Å². The summed E-state index contributed by atoms with van der Waals surface area (Å²) in [5, 5.41) is 9.50. The van der Waals surface area contributed by atoms with Crippen molar-refractivity contribution in [3.8, 4) is 0 Å². The van der Waals surface area contributed by atoms with Crippen LogP contribution in [0.2, 0.25) is 0 Å². The number of rotatable bonds is 0. The monoisotopic (exact) mass is 354 g/mol. The molecule has 7 heteroatoms. The average Bonchev–Trinajstić information content (AvgIpc) is 2.66. The fourth-order valence-corrected chi connectivity index (χ4v) is 4.11. The first-order valence-corrected chi connectivity index (χ1v) is 7.69. The van der Waals surface area contributed by atoms with Crippen LogP contribution in [-0.2, 0) is 5.66 Å². The molecule has 6 nitrogen and oxygen atoms in total. The molecule has 1 saturated carbocycles. The average molecular weight is 355 g/mol. The zero-order valence-corrected chi connectivity index (χ0v) is 13.1. The first-order chi connectivity index (χ1) is 9.90. The molecule has 1 spiro atoms. The molecule has 1 aromatic heterocycles. The second-order valence-corrected chi connectivity index (χ2v) is 6.49. The van der Waals surface area contributed by atoms with E-state index in [9.17, 15) is 19.5 Å². The van der Waals surface area contributed by atoms with Crippen molar-refractivity contribution in [2.24, 2.45) is 0 Å². The van der Waals surface area contributed by atoms with E-state index >= 15 is 0 Å². The van der Waals surface area contributed by atoms with Crippen molar-refractivity contribution in [2.75, 3.05) is 0 Å². The van der Waals surface area contributed by atoms with Gasteiger partial charge >= 0.3 is 6.09 Å². The highest BCUT2D eigenvalue weighted by molar-refractivity contribution is 9.10. The fraction of sp³-hybridized carbons (Fsp3) is 0.500. The van der Waals surface area contributed by atoms with Gasteiger partial charge in [-0.2, -0.15) is 0 Å². The molecule has 112 valence electrons. The molecule has 1 aliphatic heterocycles. The summed E-state index contributed by atoms with van der Waals surface area (Å²) in [5.41, 5.74) is -0.579. The van der Waals surface area contributed by atoms with Crippen molar-refractivity contribution in [2.45, 2.75) is 44.7 Å². The lowest BCUT2D eigenvalue weighted by Gasteiger charge is -2.39. The van der Waals surface area contributed by atoms with Gasteiger partial charge < -0.3 is 5.11 Å². The largest absolute Gasteiger partial charge is 0.465 e. The number of fused-ring (bicyclic) bond motifs is 2. The highest BCUT2D eigenvalue weighted by Crippen LogP contribution is 2.43. The van der Waals surface area contributed by atoms with Gasteiger partial charge in [-0.3, -0.25) is 14.2 Å². The highest BCUT2D eigenvalue weighted by atomic mass is 79.9. The van der Waals surface area contributed by atoms with E-state index in [1.165, 1.54) is 4.57 Å². The van der Waals surface area contributed by atoms with Crippen LogP contribution < -0.4 is 5.56 Å². The standard InChI is InChI=1S/C14H15BrN2O4/c1-8-7-9(15)11(18)16-10(8)12(19)17(13(20)21)14(16)5-3-2-4-6-14/h7H,2-6H2,1H3,(H,20,21). The summed E-state index contributed by atoms with van der Waals surface area (Å²) in [4.78, 5) is 37.6. The number of aryl methyl sites for hydroxylation is 1. The third-order valence-corrected chi connectivity index (χ3v) is 5.00. The molecule has 1 aliphatic carbocycles. The first kappa shape index (κ1) is 14.3. The van der Waals surface area contributed by atoms with E-state index in [4.69, 9.17) is 0 Å².